The third-order valence-electron chi connectivity index (χ3n) is 4.75. The Morgan fingerprint density at radius 1 is 1.25 bits per heavy atom. The molecule has 1 aromatic carbocycles. The van der Waals surface area contributed by atoms with Gasteiger partial charge in [-0.3, -0.25) is 9.59 Å². The molecule has 0 bridgehead atoms. The van der Waals surface area contributed by atoms with Crippen LogP contribution in [0.2, 0.25) is 0 Å². The number of hydrogen-bond donors (Lipinski definition) is 2. The van der Waals surface area contributed by atoms with Gasteiger partial charge in [0.1, 0.15) is 6.04 Å². The smallest absolute Gasteiger partial charge is 0.274 e. The summed E-state index contributed by atoms with van der Waals surface area (Å²) in [6.45, 7) is 1.87. The number of piperidine rings is 1. The van der Waals surface area contributed by atoms with Crippen molar-refractivity contribution >= 4 is 24.2 Å². The number of likely N-dealkylation sites (N-methyl/N-ethyl adjacent to an activating group) is 1. The molecule has 0 saturated carbocycles. The highest BCUT2D eigenvalue weighted by molar-refractivity contribution is 5.95. The topological polar surface area (TPSA) is 92.2 Å². The Morgan fingerprint density at radius 3 is 2.57 bits per heavy atom. The Balaban J connectivity index is 0.00000280. The molecule has 9 heteroatoms. The van der Waals surface area contributed by atoms with Gasteiger partial charge in [-0.1, -0.05) is 35.5 Å². The van der Waals surface area contributed by atoms with Gasteiger partial charge in [0.05, 0.1) is 12.2 Å². The van der Waals surface area contributed by atoms with Crippen LogP contribution in [0.25, 0.3) is 0 Å². The second kappa shape index (κ2) is 10.2. The zero-order valence-electron chi connectivity index (χ0n) is 16.2. The summed E-state index contributed by atoms with van der Waals surface area (Å²) < 4.78 is 1.76. The summed E-state index contributed by atoms with van der Waals surface area (Å²) in [4.78, 5) is 26.7. The molecule has 2 amide bonds. The third kappa shape index (κ3) is 5.53. The number of nitrogens with zero attached hydrogens (tertiary/aromatic N) is 4. The summed E-state index contributed by atoms with van der Waals surface area (Å²) in [7, 11) is 3.36. The standard InChI is InChI=1S/C19H26N6O2.ClH/c1-24(2)19(27)16(12-14-6-4-3-5-7-14)21-18(26)17-13-25(23-22-17)15-8-10-20-11-9-15;/h3-7,13,15-16,20H,8-12H2,1-2H3,(H,21,26);1H. The van der Waals surface area contributed by atoms with E-state index in [0.717, 1.165) is 31.5 Å². The molecule has 28 heavy (non-hydrogen) atoms. The van der Waals surface area contributed by atoms with Crippen molar-refractivity contribution < 1.29 is 9.59 Å². The van der Waals surface area contributed by atoms with E-state index < -0.39 is 6.04 Å². The number of rotatable bonds is 6. The minimum atomic E-state index is -0.654. The minimum Gasteiger partial charge on any atom is -0.347 e. The van der Waals surface area contributed by atoms with Crippen LogP contribution in [0.3, 0.4) is 0 Å². The van der Waals surface area contributed by atoms with Crippen molar-refractivity contribution in [3.63, 3.8) is 0 Å². The van der Waals surface area contributed by atoms with Crippen LogP contribution in [0.4, 0.5) is 0 Å². The second-order valence-corrected chi connectivity index (χ2v) is 7.01. The van der Waals surface area contributed by atoms with Crippen LogP contribution in [0.5, 0.6) is 0 Å². The maximum absolute atomic E-state index is 12.7. The highest BCUT2D eigenvalue weighted by Gasteiger charge is 2.25. The molecule has 152 valence electrons. The van der Waals surface area contributed by atoms with Crippen LogP contribution < -0.4 is 10.6 Å². The molecule has 1 fully saturated rings. The molecule has 8 nitrogen and oxygen atoms in total. The first kappa shape index (κ1) is 21.8. The van der Waals surface area contributed by atoms with Crippen molar-refractivity contribution in [1.82, 2.24) is 30.5 Å². The fourth-order valence-electron chi connectivity index (χ4n) is 3.22. The number of carbonyl (C=O) groups excluding carboxylic acids is 2. The molecular weight excluding hydrogens is 380 g/mol. The Morgan fingerprint density at radius 2 is 1.93 bits per heavy atom. The van der Waals surface area contributed by atoms with Crippen molar-refractivity contribution in [2.45, 2.75) is 31.3 Å². The predicted octanol–water partition coefficient (Wildman–Crippen LogP) is 1.05. The van der Waals surface area contributed by atoms with Crippen molar-refractivity contribution in [1.29, 1.82) is 0 Å². The third-order valence-corrected chi connectivity index (χ3v) is 4.75. The Labute approximate surface area is 171 Å². The molecule has 1 unspecified atom stereocenters. The van der Waals surface area contributed by atoms with Gasteiger partial charge < -0.3 is 15.5 Å². The van der Waals surface area contributed by atoms with Crippen LogP contribution in [-0.2, 0) is 11.2 Å². The zero-order chi connectivity index (χ0) is 19.2. The molecular formula is C19H27ClN6O2. The van der Waals surface area contributed by atoms with E-state index in [1.165, 1.54) is 4.90 Å². The van der Waals surface area contributed by atoms with Crippen LogP contribution >= 0.6 is 12.4 Å². The first-order chi connectivity index (χ1) is 13.0. The summed E-state index contributed by atoms with van der Waals surface area (Å²) in [5.41, 5.74) is 1.22. The van der Waals surface area contributed by atoms with Gasteiger partial charge in [-0.15, -0.1) is 17.5 Å². The highest BCUT2D eigenvalue weighted by atomic mass is 35.5. The molecule has 1 aromatic heterocycles. The molecule has 0 radical (unpaired) electrons. The van der Waals surface area contributed by atoms with Crippen molar-refractivity contribution in [2.75, 3.05) is 27.2 Å². The van der Waals surface area contributed by atoms with Gasteiger partial charge in [0.15, 0.2) is 5.69 Å². The molecule has 1 saturated heterocycles. The van der Waals surface area contributed by atoms with E-state index in [9.17, 15) is 9.59 Å². The van der Waals surface area contributed by atoms with Crippen LogP contribution in [-0.4, -0.2) is 64.9 Å². The number of hydrogen-bond acceptors (Lipinski definition) is 5. The molecule has 2 N–H and O–H groups in total. The molecule has 1 atom stereocenters. The molecule has 3 rings (SSSR count). The number of benzene rings is 1. The van der Waals surface area contributed by atoms with E-state index in [0.29, 0.717) is 6.42 Å². The normalized spacial score (nSPS) is 15.4. The Kier molecular flexibility index (Phi) is 7.95. The van der Waals surface area contributed by atoms with Crippen molar-refractivity contribution in [3.05, 3.63) is 47.8 Å². The molecule has 0 spiro atoms. The average molecular weight is 407 g/mol. The predicted molar refractivity (Wildman–Crippen MR) is 109 cm³/mol. The number of amides is 2. The second-order valence-electron chi connectivity index (χ2n) is 7.01. The summed E-state index contributed by atoms with van der Waals surface area (Å²) in [5.74, 6) is -0.538. The number of halogens is 1. The lowest BCUT2D eigenvalue weighted by atomic mass is 10.0. The van der Waals surface area contributed by atoms with Gasteiger partial charge in [0, 0.05) is 20.5 Å². The van der Waals surface area contributed by atoms with Crippen LogP contribution in [0, 0.1) is 0 Å². The van der Waals surface area contributed by atoms with E-state index in [2.05, 4.69) is 20.9 Å². The van der Waals surface area contributed by atoms with Gasteiger partial charge in [0.2, 0.25) is 5.91 Å². The molecule has 0 aliphatic carbocycles. The highest BCUT2D eigenvalue weighted by Crippen LogP contribution is 2.17. The van der Waals surface area contributed by atoms with Crippen molar-refractivity contribution in [3.8, 4) is 0 Å². The SMILES string of the molecule is CN(C)C(=O)C(Cc1ccccc1)NC(=O)c1cn(C2CCNCC2)nn1.Cl. The van der Waals surface area contributed by atoms with Crippen molar-refractivity contribution in [2.24, 2.45) is 0 Å². The van der Waals surface area contributed by atoms with E-state index in [4.69, 9.17) is 0 Å². The van der Waals surface area contributed by atoms with Gasteiger partial charge >= 0.3 is 0 Å². The van der Waals surface area contributed by atoms with Crippen LogP contribution in [0.1, 0.15) is 34.9 Å². The lowest BCUT2D eigenvalue weighted by Crippen LogP contribution is -2.47. The lowest BCUT2D eigenvalue weighted by molar-refractivity contribution is -0.130. The zero-order valence-corrected chi connectivity index (χ0v) is 17.0. The number of aromatic nitrogens is 3. The number of carbonyl (C=O) groups is 2. The minimum absolute atomic E-state index is 0. The van der Waals surface area contributed by atoms with Gasteiger partial charge in [0.25, 0.3) is 5.91 Å². The largest absolute Gasteiger partial charge is 0.347 e. The monoisotopic (exact) mass is 406 g/mol. The van der Waals surface area contributed by atoms with E-state index in [-0.39, 0.29) is 36.0 Å². The summed E-state index contributed by atoms with van der Waals surface area (Å²) in [6, 6.07) is 9.23. The fraction of sp³-hybridized carbons (Fsp3) is 0.474. The van der Waals surface area contributed by atoms with E-state index >= 15 is 0 Å². The van der Waals surface area contributed by atoms with Gasteiger partial charge in [-0.25, -0.2) is 4.68 Å². The number of nitrogens with one attached hydrogen (secondary N) is 2. The molecule has 1 aliphatic heterocycles. The average Bonchev–Trinajstić information content (AvgIpc) is 3.18. The lowest BCUT2D eigenvalue weighted by Gasteiger charge is -2.22. The molecule has 1 aliphatic rings. The summed E-state index contributed by atoms with van der Waals surface area (Å²) in [6.07, 6.45) is 4.01. The van der Waals surface area contributed by atoms with E-state index in [1.54, 1.807) is 25.0 Å². The first-order valence-electron chi connectivity index (χ1n) is 9.23. The van der Waals surface area contributed by atoms with Gasteiger partial charge in [-0.2, -0.15) is 0 Å². The first-order valence-corrected chi connectivity index (χ1v) is 9.23. The fourth-order valence-corrected chi connectivity index (χ4v) is 3.22. The Bertz CT molecular complexity index is 774. The van der Waals surface area contributed by atoms with Crippen LogP contribution in [0.15, 0.2) is 36.5 Å². The summed E-state index contributed by atoms with van der Waals surface area (Å²) >= 11 is 0. The maximum Gasteiger partial charge on any atom is 0.274 e. The van der Waals surface area contributed by atoms with E-state index in [1.807, 2.05) is 30.3 Å². The quantitative estimate of drug-likeness (QED) is 0.748. The molecule has 2 aromatic rings. The molecule has 2 heterocycles. The maximum atomic E-state index is 12.7. The van der Waals surface area contributed by atoms with Gasteiger partial charge in [-0.05, 0) is 31.5 Å². The summed E-state index contributed by atoms with van der Waals surface area (Å²) in [5, 5.41) is 14.3. The Hall–Kier alpha value is -2.45.